The van der Waals surface area contributed by atoms with Crippen molar-refractivity contribution in [3.05, 3.63) is 82.9 Å². The van der Waals surface area contributed by atoms with E-state index in [0.29, 0.717) is 10.1 Å². The number of nitrogens with zero attached hydrogens (tertiary/aromatic N) is 2. The Hall–Kier alpha value is -2.37. The summed E-state index contributed by atoms with van der Waals surface area (Å²) in [5.41, 5.74) is 3.16. The molecule has 0 unspecified atom stereocenters. The zero-order valence-corrected chi connectivity index (χ0v) is 15.6. The molecule has 0 saturated heterocycles. The number of nitrogens with one attached hydrogen (secondary N) is 2. The summed E-state index contributed by atoms with van der Waals surface area (Å²) in [6.07, 6.45) is 3.69. The smallest absolute Gasteiger partial charge is 0.171 e. The summed E-state index contributed by atoms with van der Waals surface area (Å²) in [6.45, 7) is 2.05. The molecule has 1 aromatic heterocycles. The molecule has 2 aromatic carbocycles. The molecule has 0 aliphatic heterocycles. The number of benzene rings is 2. The van der Waals surface area contributed by atoms with Crippen molar-refractivity contribution < 1.29 is 0 Å². The lowest BCUT2D eigenvalue weighted by atomic mass is 10.1. The molecular formula is C19H19ClN4S. The van der Waals surface area contributed by atoms with E-state index in [9.17, 15) is 0 Å². The Balaban J connectivity index is 1.83. The van der Waals surface area contributed by atoms with Gasteiger partial charge in [0, 0.05) is 30.2 Å². The van der Waals surface area contributed by atoms with Crippen molar-refractivity contribution in [2.45, 2.75) is 13.0 Å². The van der Waals surface area contributed by atoms with Crippen LogP contribution in [0.1, 0.15) is 23.0 Å². The van der Waals surface area contributed by atoms with Gasteiger partial charge in [-0.25, -0.2) is 4.98 Å². The molecule has 0 aliphatic rings. The van der Waals surface area contributed by atoms with Crippen LogP contribution in [0.4, 0.5) is 5.69 Å². The van der Waals surface area contributed by atoms with Crippen molar-refractivity contribution in [1.29, 1.82) is 0 Å². The zero-order chi connectivity index (χ0) is 17.8. The van der Waals surface area contributed by atoms with E-state index in [4.69, 9.17) is 23.8 Å². The van der Waals surface area contributed by atoms with Gasteiger partial charge in [-0.15, -0.1) is 0 Å². The first kappa shape index (κ1) is 17.5. The molecule has 0 spiro atoms. The molecule has 4 nitrogen and oxygen atoms in total. The molecule has 25 heavy (non-hydrogen) atoms. The number of rotatable bonds is 4. The predicted octanol–water partition coefficient (Wildman–Crippen LogP) is 4.46. The minimum atomic E-state index is -0.179. The van der Waals surface area contributed by atoms with Gasteiger partial charge in [-0.05, 0) is 54.5 Å². The van der Waals surface area contributed by atoms with Gasteiger partial charge in [0.15, 0.2) is 5.11 Å². The molecule has 6 heteroatoms. The van der Waals surface area contributed by atoms with Crippen LogP contribution in [0.5, 0.6) is 0 Å². The number of imidazole rings is 1. The van der Waals surface area contributed by atoms with Crippen molar-refractivity contribution in [3.63, 3.8) is 0 Å². The fourth-order valence-corrected chi connectivity index (χ4v) is 2.99. The third-order valence-electron chi connectivity index (χ3n) is 3.87. The number of thiocarbonyl (C=S) groups is 1. The second kappa shape index (κ2) is 7.68. The average molecular weight is 371 g/mol. The number of hydrogen-bond acceptors (Lipinski definition) is 2. The second-order valence-corrected chi connectivity index (χ2v) is 6.69. The standard InChI is InChI=1S/C19H19ClN4S/c1-13-4-3-5-16(12-13)22-19(25)23-17(18-21-10-11-24(18)2)14-6-8-15(20)9-7-14/h3-12,17H,1-2H3,(H2,22,23,25)/t17-/m1/s1. The summed E-state index contributed by atoms with van der Waals surface area (Å²) in [5, 5.41) is 7.82. The van der Waals surface area contributed by atoms with Crippen molar-refractivity contribution in [3.8, 4) is 0 Å². The van der Waals surface area contributed by atoms with Gasteiger partial charge in [0.2, 0.25) is 0 Å². The Labute approximate surface area is 157 Å². The minimum absolute atomic E-state index is 0.179. The van der Waals surface area contributed by atoms with E-state index in [2.05, 4.69) is 15.6 Å². The summed E-state index contributed by atoms with van der Waals surface area (Å²) >= 11 is 11.5. The van der Waals surface area contributed by atoms with Gasteiger partial charge < -0.3 is 15.2 Å². The first-order chi connectivity index (χ1) is 12.0. The molecule has 1 atom stereocenters. The summed E-state index contributed by atoms with van der Waals surface area (Å²) in [4.78, 5) is 4.47. The highest BCUT2D eigenvalue weighted by molar-refractivity contribution is 7.80. The van der Waals surface area contributed by atoms with Crippen LogP contribution in [0.2, 0.25) is 5.02 Å². The number of halogens is 1. The molecule has 0 amide bonds. The summed E-state index contributed by atoms with van der Waals surface area (Å²) in [7, 11) is 1.96. The van der Waals surface area contributed by atoms with E-state index in [1.807, 2.05) is 73.3 Å². The highest BCUT2D eigenvalue weighted by Gasteiger charge is 2.19. The normalized spacial score (nSPS) is 11.8. The molecule has 0 radical (unpaired) electrons. The van der Waals surface area contributed by atoms with Crippen molar-refractivity contribution >= 4 is 34.6 Å². The maximum Gasteiger partial charge on any atom is 0.171 e. The van der Waals surface area contributed by atoms with Crippen LogP contribution in [-0.2, 0) is 7.05 Å². The van der Waals surface area contributed by atoms with Crippen LogP contribution in [0, 0.1) is 6.92 Å². The van der Waals surface area contributed by atoms with Gasteiger partial charge in [0.25, 0.3) is 0 Å². The monoisotopic (exact) mass is 370 g/mol. The molecule has 3 rings (SSSR count). The number of aromatic nitrogens is 2. The highest BCUT2D eigenvalue weighted by Crippen LogP contribution is 2.22. The van der Waals surface area contributed by atoms with Crippen molar-refractivity contribution in [1.82, 2.24) is 14.9 Å². The van der Waals surface area contributed by atoms with E-state index >= 15 is 0 Å². The second-order valence-electron chi connectivity index (χ2n) is 5.85. The van der Waals surface area contributed by atoms with Crippen LogP contribution in [0.25, 0.3) is 0 Å². The van der Waals surface area contributed by atoms with Crippen LogP contribution < -0.4 is 10.6 Å². The van der Waals surface area contributed by atoms with Crippen LogP contribution in [-0.4, -0.2) is 14.7 Å². The lowest BCUT2D eigenvalue weighted by Gasteiger charge is -2.21. The Bertz CT molecular complexity index is 873. The number of aryl methyl sites for hydroxylation is 2. The topological polar surface area (TPSA) is 41.9 Å². The lowest BCUT2D eigenvalue weighted by molar-refractivity contribution is 0.664. The van der Waals surface area contributed by atoms with E-state index in [1.165, 1.54) is 5.56 Å². The maximum absolute atomic E-state index is 6.02. The summed E-state index contributed by atoms with van der Waals surface area (Å²) in [6, 6.07) is 15.6. The Morgan fingerprint density at radius 2 is 1.96 bits per heavy atom. The molecule has 0 bridgehead atoms. The Kier molecular flexibility index (Phi) is 5.36. The Morgan fingerprint density at radius 3 is 2.60 bits per heavy atom. The quantitative estimate of drug-likeness (QED) is 0.665. The first-order valence-electron chi connectivity index (χ1n) is 7.90. The van der Waals surface area contributed by atoms with E-state index in [-0.39, 0.29) is 6.04 Å². The van der Waals surface area contributed by atoms with Gasteiger partial charge in [-0.1, -0.05) is 35.9 Å². The van der Waals surface area contributed by atoms with E-state index < -0.39 is 0 Å². The Morgan fingerprint density at radius 1 is 1.20 bits per heavy atom. The van der Waals surface area contributed by atoms with Gasteiger partial charge in [0.05, 0.1) is 0 Å². The zero-order valence-electron chi connectivity index (χ0n) is 14.0. The number of anilines is 1. The fraction of sp³-hybridized carbons (Fsp3) is 0.158. The highest BCUT2D eigenvalue weighted by atomic mass is 35.5. The maximum atomic E-state index is 6.02. The molecule has 0 aliphatic carbocycles. The van der Waals surface area contributed by atoms with Gasteiger partial charge >= 0.3 is 0 Å². The average Bonchev–Trinajstić information content (AvgIpc) is 2.99. The van der Waals surface area contributed by atoms with Crippen molar-refractivity contribution in [2.75, 3.05) is 5.32 Å². The molecule has 128 valence electrons. The largest absolute Gasteiger partial charge is 0.348 e. The lowest BCUT2D eigenvalue weighted by Crippen LogP contribution is -2.34. The fourth-order valence-electron chi connectivity index (χ4n) is 2.63. The van der Waals surface area contributed by atoms with Crippen molar-refractivity contribution in [2.24, 2.45) is 7.05 Å². The van der Waals surface area contributed by atoms with Gasteiger partial charge in [-0.3, -0.25) is 0 Å². The third-order valence-corrected chi connectivity index (χ3v) is 4.34. The molecule has 0 saturated carbocycles. The van der Waals surface area contributed by atoms with E-state index in [1.54, 1.807) is 6.20 Å². The first-order valence-corrected chi connectivity index (χ1v) is 8.68. The predicted molar refractivity (Wildman–Crippen MR) is 107 cm³/mol. The summed E-state index contributed by atoms with van der Waals surface area (Å²) in [5.74, 6) is 0.871. The minimum Gasteiger partial charge on any atom is -0.348 e. The van der Waals surface area contributed by atoms with E-state index in [0.717, 1.165) is 17.1 Å². The van der Waals surface area contributed by atoms with Gasteiger partial charge in [0.1, 0.15) is 11.9 Å². The molecule has 0 fully saturated rings. The number of hydrogen-bond donors (Lipinski definition) is 2. The summed E-state index contributed by atoms with van der Waals surface area (Å²) < 4.78 is 1.97. The third kappa shape index (κ3) is 4.38. The van der Waals surface area contributed by atoms with Gasteiger partial charge in [-0.2, -0.15) is 0 Å². The molecule has 1 heterocycles. The van der Waals surface area contributed by atoms with Crippen LogP contribution in [0.3, 0.4) is 0 Å². The molecular weight excluding hydrogens is 352 g/mol. The molecule has 3 aromatic rings. The molecule has 2 N–H and O–H groups in total. The van der Waals surface area contributed by atoms with Crippen LogP contribution >= 0.6 is 23.8 Å². The van der Waals surface area contributed by atoms with Crippen LogP contribution in [0.15, 0.2) is 60.9 Å². The SMILES string of the molecule is Cc1cccc(NC(=S)N[C@H](c2ccc(Cl)cc2)c2nccn2C)c1.